The molecule has 126 valence electrons. The maximum absolute atomic E-state index is 13.4. The summed E-state index contributed by atoms with van der Waals surface area (Å²) in [4.78, 5) is 13.9. The monoisotopic (exact) mass is 323 g/mol. The van der Waals surface area contributed by atoms with E-state index in [2.05, 4.69) is 5.32 Å². The van der Waals surface area contributed by atoms with Gasteiger partial charge in [-0.1, -0.05) is 12.8 Å². The van der Waals surface area contributed by atoms with E-state index in [1.165, 1.54) is 6.07 Å². The van der Waals surface area contributed by atoms with E-state index in [-0.39, 0.29) is 11.9 Å². The molecule has 4 nitrogen and oxygen atoms in total. The summed E-state index contributed by atoms with van der Waals surface area (Å²) in [5.41, 5.74) is 5.76. The standard InChI is InChI=1S/C17H23F2N3O/c18-14-4-3-13(11-15(14)19)22-9-5-12(6-10-22)21-17(16(20)23)7-1-2-8-17/h3-4,11-12,21H,1-2,5-10H2,(H2,20,23). The normalized spacial score (nSPS) is 21.6. The zero-order valence-corrected chi connectivity index (χ0v) is 13.2. The third kappa shape index (κ3) is 3.32. The van der Waals surface area contributed by atoms with Crippen LogP contribution < -0.4 is 16.0 Å². The van der Waals surface area contributed by atoms with Gasteiger partial charge in [0.15, 0.2) is 11.6 Å². The van der Waals surface area contributed by atoms with Crippen molar-refractivity contribution >= 4 is 11.6 Å². The minimum atomic E-state index is -0.824. The largest absolute Gasteiger partial charge is 0.371 e. The van der Waals surface area contributed by atoms with Gasteiger partial charge in [0.1, 0.15) is 0 Å². The molecule has 0 aromatic heterocycles. The summed E-state index contributed by atoms with van der Waals surface area (Å²) in [7, 11) is 0. The van der Waals surface area contributed by atoms with Gasteiger partial charge in [-0.3, -0.25) is 4.79 Å². The van der Waals surface area contributed by atoms with E-state index in [0.717, 1.165) is 57.7 Å². The number of hydrogen-bond donors (Lipinski definition) is 2. The molecular formula is C17H23F2N3O. The molecule has 1 saturated carbocycles. The topological polar surface area (TPSA) is 58.4 Å². The van der Waals surface area contributed by atoms with E-state index in [1.54, 1.807) is 6.07 Å². The highest BCUT2D eigenvalue weighted by atomic mass is 19.2. The Morgan fingerprint density at radius 1 is 1.17 bits per heavy atom. The summed E-state index contributed by atoms with van der Waals surface area (Å²) in [6.45, 7) is 1.50. The number of piperidine rings is 1. The smallest absolute Gasteiger partial charge is 0.237 e. The zero-order valence-electron chi connectivity index (χ0n) is 13.2. The Labute approximate surface area is 135 Å². The summed E-state index contributed by atoms with van der Waals surface area (Å²) in [6.07, 6.45) is 5.40. The summed E-state index contributed by atoms with van der Waals surface area (Å²) < 4.78 is 26.4. The number of carbonyl (C=O) groups is 1. The second kappa shape index (κ2) is 6.43. The Balaban J connectivity index is 1.60. The zero-order chi connectivity index (χ0) is 16.4. The second-order valence-electron chi connectivity index (χ2n) is 6.66. The first-order chi connectivity index (χ1) is 11.0. The number of amides is 1. The van der Waals surface area contributed by atoms with Crippen molar-refractivity contribution in [2.75, 3.05) is 18.0 Å². The van der Waals surface area contributed by atoms with Gasteiger partial charge in [-0.15, -0.1) is 0 Å². The molecule has 2 fully saturated rings. The van der Waals surface area contributed by atoms with Crippen molar-refractivity contribution in [3.8, 4) is 0 Å². The molecule has 3 N–H and O–H groups in total. The van der Waals surface area contributed by atoms with E-state index in [0.29, 0.717) is 5.69 Å². The van der Waals surface area contributed by atoms with Gasteiger partial charge in [0.05, 0.1) is 5.54 Å². The number of hydrogen-bond acceptors (Lipinski definition) is 3. The molecule has 0 spiro atoms. The van der Waals surface area contributed by atoms with Gasteiger partial charge in [0.2, 0.25) is 5.91 Å². The number of halogens is 2. The maximum atomic E-state index is 13.4. The molecule has 0 radical (unpaired) electrons. The lowest BCUT2D eigenvalue weighted by atomic mass is 9.92. The van der Waals surface area contributed by atoms with Crippen LogP contribution in [-0.4, -0.2) is 30.6 Å². The molecule has 1 aliphatic heterocycles. The van der Waals surface area contributed by atoms with E-state index < -0.39 is 17.2 Å². The highest BCUT2D eigenvalue weighted by Crippen LogP contribution is 2.31. The lowest BCUT2D eigenvalue weighted by molar-refractivity contribution is -0.124. The van der Waals surface area contributed by atoms with Crippen LogP contribution >= 0.6 is 0 Å². The highest BCUT2D eigenvalue weighted by Gasteiger charge is 2.41. The molecule has 1 aromatic carbocycles. The number of nitrogens with zero attached hydrogens (tertiary/aromatic N) is 1. The summed E-state index contributed by atoms with van der Waals surface area (Å²) in [5, 5.41) is 3.49. The second-order valence-corrected chi connectivity index (χ2v) is 6.66. The van der Waals surface area contributed by atoms with Crippen LogP contribution in [0.15, 0.2) is 18.2 Å². The summed E-state index contributed by atoms with van der Waals surface area (Å²) in [5.74, 6) is -1.89. The first kappa shape index (κ1) is 16.2. The van der Waals surface area contributed by atoms with Crippen LogP contribution in [0.1, 0.15) is 38.5 Å². The molecule has 1 aromatic rings. The van der Waals surface area contributed by atoms with Crippen LogP contribution in [0.25, 0.3) is 0 Å². The first-order valence-corrected chi connectivity index (χ1v) is 8.28. The molecule has 1 aliphatic carbocycles. The maximum Gasteiger partial charge on any atom is 0.237 e. The predicted molar refractivity (Wildman–Crippen MR) is 85.1 cm³/mol. The summed E-state index contributed by atoms with van der Waals surface area (Å²) >= 11 is 0. The van der Waals surface area contributed by atoms with Gasteiger partial charge in [-0.05, 0) is 37.8 Å². The van der Waals surface area contributed by atoms with Crippen LogP contribution in [0.4, 0.5) is 14.5 Å². The number of primary amides is 1. The average Bonchev–Trinajstić information content (AvgIpc) is 3.01. The van der Waals surface area contributed by atoms with Crippen molar-refractivity contribution in [2.45, 2.75) is 50.1 Å². The quantitative estimate of drug-likeness (QED) is 0.894. The van der Waals surface area contributed by atoms with Crippen LogP contribution in [0, 0.1) is 11.6 Å². The Morgan fingerprint density at radius 2 is 1.83 bits per heavy atom. The Kier molecular flexibility index (Phi) is 4.53. The third-order valence-electron chi connectivity index (χ3n) is 5.17. The lowest BCUT2D eigenvalue weighted by Crippen LogP contribution is -2.58. The molecule has 6 heteroatoms. The van der Waals surface area contributed by atoms with Crippen molar-refractivity contribution in [1.82, 2.24) is 5.32 Å². The fourth-order valence-corrected chi connectivity index (χ4v) is 3.79. The average molecular weight is 323 g/mol. The van der Waals surface area contributed by atoms with Crippen LogP contribution in [0.5, 0.6) is 0 Å². The fourth-order valence-electron chi connectivity index (χ4n) is 3.79. The highest BCUT2D eigenvalue weighted by molar-refractivity contribution is 5.85. The Bertz CT molecular complexity index is 579. The molecule has 0 bridgehead atoms. The predicted octanol–water partition coefficient (Wildman–Crippen LogP) is 2.32. The van der Waals surface area contributed by atoms with Crippen molar-refractivity contribution in [2.24, 2.45) is 5.73 Å². The van der Waals surface area contributed by atoms with Gasteiger partial charge in [-0.2, -0.15) is 0 Å². The summed E-state index contributed by atoms with van der Waals surface area (Å²) in [6, 6.07) is 4.25. The van der Waals surface area contributed by atoms with Crippen LogP contribution in [0.2, 0.25) is 0 Å². The SMILES string of the molecule is NC(=O)C1(NC2CCN(c3ccc(F)c(F)c3)CC2)CCCC1. The number of benzene rings is 1. The van der Waals surface area contributed by atoms with E-state index >= 15 is 0 Å². The van der Waals surface area contributed by atoms with Gasteiger partial charge < -0.3 is 16.0 Å². The van der Waals surface area contributed by atoms with E-state index in [1.807, 2.05) is 4.90 Å². The number of nitrogens with one attached hydrogen (secondary N) is 1. The van der Waals surface area contributed by atoms with E-state index in [4.69, 9.17) is 5.73 Å². The van der Waals surface area contributed by atoms with Crippen LogP contribution in [-0.2, 0) is 4.79 Å². The van der Waals surface area contributed by atoms with Gasteiger partial charge in [-0.25, -0.2) is 8.78 Å². The third-order valence-corrected chi connectivity index (χ3v) is 5.17. The molecule has 1 saturated heterocycles. The molecule has 23 heavy (non-hydrogen) atoms. The van der Waals surface area contributed by atoms with Crippen molar-refractivity contribution in [3.05, 3.63) is 29.8 Å². The number of rotatable bonds is 4. The van der Waals surface area contributed by atoms with Crippen LogP contribution in [0.3, 0.4) is 0 Å². The minimum Gasteiger partial charge on any atom is -0.371 e. The molecule has 2 aliphatic rings. The number of anilines is 1. The molecule has 0 atom stereocenters. The fraction of sp³-hybridized carbons (Fsp3) is 0.588. The lowest BCUT2D eigenvalue weighted by Gasteiger charge is -2.38. The number of carbonyl (C=O) groups excluding carboxylic acids is 1. The van der Waals surface area contributed by atoms with E-state index in [9.17, 15) is 13.6 Å². The van der Waals surface area contributed by atoms with Crippen molar-refractivity contribution < 1.29 is 13.6 Å². The van der Waals surface area contributed by atoms with Gasteiger partial charge in [0, 0.05) is 30.9 Å². The number of nitrogens with two attached hydrogens (primary N) is 1. The Morgan fingerprint density at radius 3 is 2.39 bits per heavy atom. The molecule has 3 rings (SSSR count). The van der Waals surface area contributed by atoms with Crippen molar-refractivity contribution in [3.63, 3.8) is 0 Å². The Hall–Kier alpha value is -1.69. The first-order valence-electron chi connectivity index (χ1n) is 8.28. The minimum absolute atomic E-state index is 0.238. The van der Waals surface area contributed by atoms with Gasteiger partial charge in [0.25, 0.3) is 0 Å². The van der Waals surface area contributed by atoms with Crippen molar-refractivity contribution in [1.29, 1.82) is 0 Å². The molecule has 1 amide bonds. The molecular weight excluding hydrogens is 300 g/mol. The molecule has 0 unspecified atom stereocenters. The van der Waals surface area contributed by atoms with Gasteiger partial charge >= 0.3 is 0 Å². The molecule has 1 heterocycles.